The Balaban J connectivity index is 1.48. The number of allylic oxidation sites excluding steroid dienone is 1. The zero-order chi connectivity index (χ0) is 28.9. The first-order valence-corrected chi connectivity index (χ1v) is 15.2. The highest BCUT2D eigenvalue weighted by molar-refractivity contribution is 5.97. The monoisotopic (exact) mass is 561 g/mol. The topological polar surface area (TPSA) is 123 Å². The summed E-state index contributed by atoms with van der Waals surface area (Å²) in [6.07, 6.45) is 4.15. The number of carbonyl (C=O) groups is 3. The number of likely N-dealkylation sites (N-methyl/N-ethyl adjacent to an activating group) is 1. The average molecular weight is 562 g/mol. The highest BCUT2D eigenvalue weighted by Gasteiger charge is 2.64. The molecule has 1 heterocycles. The maximum absolute atomic E-state index is 13.9. The third kappa shape index (κ3) is 5.11. The highest BCUT2D eigenvalue weighted by atomic mass is 16.7. The fourth-order valence-corrected chi connectivity index (χ4v) is 9.29. The van der Waals surface area contributed by atoms with Crippen LogP contribution in [0.4, 0.5) is 4.79 Å². The summed E-state index contributed by atoms with van der Waals surface area (Å²) in [6.45, 7) is 7.65. The van der Waals surface area contributed by atoms with Crippen LogP contribution in [0.1, 0.15) is 59.3 Å². The zero-order valence-corrected chi connectivity index (χ0v) is 24.6. The Bertz CT molecular complexity index is 1020. The molecule has 2 bridgehead atoms. The van der Waals surface area contributed by atoms with Gasteiger partial charge in [0.15, 0.2) is 5.78 Å². The molecule has 7 unspecified atom stereocenters. The Morgan fingerprint density at radius 2 is 1.88 bits per heavy atom. The van der Waals surface area contributed by atoms with Crippen LogP contribution < -0.4 is 0 Å². The van der Waals surface area contributed by atoms with Crippen LogP contribution in [0, 0.1) is 52.8 Å². The van der Waals surface area contributed by atoms with E-state index in [9.17, 15) is 24.6 Å². The maximum Gasteiger partial charge on any atom is 0.506 e. The molecule has 0 amide bonds. The molecule has 1 aliphatic heterocycles. The third-order valence-corrected chi connectivity index (χ3v) is 11.1. The van der Waals surface area contributed by atoms with E-state index in [1.165, 1.54) is 0 Å². The number of rotatable bonds is 8. The Kier molecular flexibility index (Phi) is 8.39. The first-order valence-electron chi connectivity index (χ1n) is 15.2. The van der Waals surface area contributed by atoms with E-state index in [1.807, 2.05) is 14.1 Å². The fourth-order valence-electron chi connectivity index (χ4n) is 9.29. The Labute approximate surface area is 237 Å². The largest absolute Gasteiger partial charge is 0.506 e. The summed E-state index contributed by atoms with van der Waals surface area (Å²) in [4.78, 5) is 40.3. The molecule has 224 valence electrons. The van der Waals surface area contributed by atoms with Gasteiger partial charge in [-0.2, -0.15) is 0 Å². The second-order valence-corrected chi connectivity index (χ2v) is 13.9. The molecule has 3 saturated carbocycles. The van der Waals surface area contributed by atoms with Crippen molar-refractivity contribution in [3.8, 4) is 0 Å². The second-order valence-electron chi connectivity index (χ2n) is 13.9. The molecule has 5 aliphatic rings. The fraction of sp³-hybridized carbons (Fsp3) is 0.839. The Hall–Kier alpha value is -1.97. The Morgan fingerprint density at radius 3 is 2.52 bits per heavy atom. The molecule has 4 aliphatic carbocycles. The summed E-state index contributed by atoms with van der Waals surface area (Å²) in [5.41, 5.74) is 0.567. The number of nitrogens with zero attached hydrogens (tertiary/aromatic N) is 1. The molecule has 9 heteroatoms. The number of ether oxygens (including phenoxy) is 3. The first kappa shape index (κ1) is 29.5. The van der Waals surface area contributed by atoms with Gasteiger partial charge >= 0.3 is 12.1 Å². The lowest BCUT2D eigenvalue weighted by Gasteiger charge is -2.62. The summed E-state index contributed by atoms with van der Waals surface area (Å²) in [5, 5.41) is 20.0. The molecule has 5 rings (SSSR count). The summed E-state index contributed by atoms with van der Waals surface area (Å²) < 4.78 is 18.2. The molecular weight excluding hydrogens is 514 g/mol. The predicted octanol–water partition coefficient (Wildman–Crippen LogP) is 4.35. The van der Waals surface area contributed by atoms with Gasteiger partial charge in [-0.05, 0) is 95.2 Å². The van der Waals surface area contributed by atoms with E-state index < -0.39 is 41.6 Å². The lowest BCUT2D eigenvalue weighted by Crippen LogP contribution is -2.64. The summed E-state index contributed by atoms with van der Waals surface area (Å²) in [5.74, 6) is -1.39. The van der Waals surface area contributed by atoms with E-state index in [-0.39, 0.29) is 41.4 Å². The number of hydrogen-bond acceptors (Lipinski definition) is 7. The Morgan fingerprint density at radius 1 is 1.12 bits per heavy atom. The smallest absolute Gasteiger partial charge is 0.481 e. The number of carboxylic acids is 1. The summed E-state index contributed by atoms with van der Waals surface area (Å²) in [6, 6.07) is 0.154. The molecule has 0 aromatic carbocycles. The minimum Gasteiger partial charge on any atom is -0.481 e. The van der Waals surface area contributed by atoms with Crippen LogP contribution in [0.2, 0.25) is 0 Å². The number of aliphatic carboxylic acids is 1. The number of hydrogen-bond donors (Lipinski definition) is 2. The van der Waals surface area contributed by atoms with E-state index in [4.69, 9.17) is 14.2 Å². The van der Waals surface area contributed by atoms with Crippen molar-refractivity contribution in [2.75, 3.05) is 33.9 Å². The number of fused-ring (bicyclic) bond motifs is 3. The molecule has 4 fully saturated rings. The molecule has 0 aromatic heterocycles. The molecular formula is C31H47NO8. The summed E-state index contributed by atoms with van der Waals surface area (Å²) >= 11 is 0. The summed E-state index contributed by atoms with van der Waals surface area (Å²) in [7, 11) is 3.97. The number of ketones is 1. The van der Waals surface area contributed by atoms with E-state index in [2.05, 4.69) is 25.7 Å². The van der Waals surface area contributed by atoms with Crippen LogP contribution in [-0.4, -0.2) is 85.2 Å². The van der Waals surface area contributed by atoms with Gasteiger partial charge < -0.3 is 29.3 Å². The normalized spacial score (nSPS) is 41.4. The first-order chi connectivity index (χ1) is 18.9. The SMILES string of the molecule is CC(C)CC1CCC2C3CCC4C5COC[C@]4(C[C@@H](OC(=O)O)[C@@H]5OCC(C)N(C)C)C3=CC(=O)C2[C@@H]1C(=O)O. The van der Waals surface area contributed by atoms with Crippen LogP contribution in [-0.2, 0) is 23.8 Å². The van der Waals surface area contributed by atoms with Crippen LogP contribution in [0.15, 0.2) is 11.6 Å². The van der Waals surface area contributed by atoms with Gasteiger partial charge in [0.2, 0.25) is 0 Å². The molecule has 0 radical (unpaired) electrons. The van der Waals surface area contributed by atoms with E-state index >= 15 is 0 Å². The lowest BCUT2D eigenvalue weighted by atomic mass is 9.45. The van der Waals surface area contributed by atoms with Gasteiger partial charge in [0, 0.05) is 23.3 Å². The highest BCUT2D eigenvalue weighted by Crippen LogP contribution is 2.64. The van der Waals surface area contributed by atoms with Crippen molar-refractivity contribution in [3.63, 3.8) is 0 Å². The molecule has 11 atom stereocenters. The minimum absolute atomic E-state index is 0.00136. The van der Waals surface area contributed by atoms with Gasteiger partial charge in [0.1, 0.15) is 6.10 Å². The van der Waals surface area contributed by atoms with Crippen molar-refractivity contribution in [2.24, 2.45) is 52.8 Å². The number of carbonyl (C=O) groups excluding carboxylic acids is 1. The van der Waals surface area contributed by atoms with E-state index in [0.29, 0.717) is 32.2 Å². The quantitative estimate of drug-likeness (QED) is 0.417. The third-order valence-electron chi connectivity index (χ3n) is 11.1. The van der Waals surface area contributed by atoms with E-state index in [1.54, 1.807) is 6.08 Å². The van der Waals surface area contributed by atoms with Crippen molar-refractivity contribution in [2.45, 2.75) is 77.5 Å². The van der Waals surface area contributed by atoms with Crippen molar-refractivity contribution in [3.05, 3.63) is 11.6 Å². The van der Waals surface area contributed by atoms with Gasteiger partial charge in [-0.1, -0.05) is 19.4 Å². The molecule has 1 saturated heterocycles. The van der Waals surface area contributed by atoms with Crippen LogP contribution in [0.5, 0.6) is 0 Å². The van der Waals surface area contributed by atoms with Crippen LogP contribution >= 0.6 is 0 Å². The van der Waals surface area contributed by atoms with Crippen molar-refractivity contribution >= 4 is 17.9 Å². The molecule has 40 heavy (non-hydrogen) atoms. The van der Waals surface area contributed by atoms with Gasteiger partial charge in [-0.25, -0.2) is 4.79 Å². The molecule has 2 N–H and O–H groups in total. The number of carboxylic acid groups (broad SMARTS) is 2. The van der Waals surface area contributed by atoms with Crippen molar-refractivity contribution in [1.29, 1.82) is 0 Å². The van der Waals surface area contributed by atoms with Gasteiger partial charge in [0.25, 0.3) is 0 Å². The van der Waals surface area contributed by atoms with Gasteiger partial charge in [-0.3, -0.25) is 9.59 Å². The second kappa shape index (κ2) is 11.4. The van der Waals surface area contributed by atoms with Gasteiger partial charge in [0.05, 0.1) is 31.8 Å². The molecule has 9 nitrogen and oxygen atoms in total. The maximum atomic E-state index is 13.9. The van der Waals surface area contributed by atoms with Crippen LogP contribution in [0.3, 0.4) is 0 Å². The average Bonchev–Trinajstić information content (AvgIpc) is 2.87. The lowest BCUT2D eigenvalue weighted by molar-refractivity contribution is -0.219. The molecule has 0 spiro atoms. The predicted molar refractivity (Wildman–Crippen MR) is 147 cm³/mol. The van der Waals surface area contributed by atoms with Crippen molar-refractivity contribution < 1.29 is 38.8 Å². The minimum atomic E-state index is -1.32. The zero-order valence-electron chi connectivity index (χ0n) is 24.6. The van der Waals surface area contributed by atoms with E-state index in [0.717, 1.165) is 37.7 Å². The van der Waals surface area contributed by atoms with Crippen LogP contribution in [0.25, 0.3) is 0 Å². The van der Waals surface area contributed by atoms with Crippen molar-refractivity contribution in [1.82, 2.24) is 4.90 Å². The molecule has 0 aromatic rings. The van der Waals surface area contributed by atoms with Gasteiger partial charge in [-0.15, -0.1) is 0 Å². The standard InChI is InChI=1S/C31H47NO8/c1-16(2)10-18-6-7-20-19-8-9-22-21-14-38-15-31(22,23(19)11-24(33)27(20)26(18)29(34)35)12-25(40-30(36)37)28(21)39-13-17(3)32(4)5/h11,16-22,25-28H,6-10,12-15H2,1-5H3,(H,34,35)(H,36,37)/t17?,18?,19?,20?,21?,22?,25-,26-,27?,28-,31+/m1/s1.